The van der Waals surface area contributed by atoms with Crippen LogP contribution in [-0.4, -0.2) is 33.2 Å². The van der Waals surface area contributed by atoms with Crippen LogP contribution in [0.25, 0.3) is 11.3 Å². The van der Waals surface area contributed by atoms with Gasteiger partial charge in [-0.3, -0.25) is 14.5 Å². The number of aromatic nitrogens is 3. The fourth-order valence-corrected chi connectivity index (χ4v) is 3.75. The van der Waals surface area contributed by atoms with Crippen molar-refractivity contribution in [2.24, 2.45) is 0 Å². The van der Waals surface area contributed by atoms with E-state index in [9.17, 15) is 9.59 Å². The summed E-state index contributed by atoms with van der Waals surface area (Å²) in [5.74, 6) is 1.14. The Kier molecular flexibility index (Phi) is 5.49. The van der Waals surface area contributed by atoms with Gasteiger partial charge in [-0.15, -0.1) is 0 Å². The number of Topliss-reactive ketones (excluding diaryl/α,β-unsaturated/α-hetero) is 1. The minimum atomic E-state index is -0.0677. The van der Waals surface area contributed by atoms with Gasteiger partial charge in [0, 0.05) is 43.6 Å². The summed E-state index contributed by atoms with van der Waals surface area (Å²) >= 11 is 6.17. The summed E-state index contributed by atoms with van der Waals surface area (Å²) in [6, 6.07) is 10.9. The highest BCUT2D eigenvalue weighted by Crippen LogP contribution is 2.27. The number of rotatable bonds is 6. The maximum Gasteiger partial charge on any atom is 0.228 e. The quantitative estimate of drug-likeness (QED) is 0.614. The number of anilines is 1. The summed E-state index contributed by atoms with van der Waals surface area (Å²) in [6.07, 6.45) is 1.28. The summed E-state index contributed by atoms with van der Waals surface area (Å²) in [5.41, 5.74) is 2.23. The van der Waals surface area contributed by atoms with Gasteiger partial charge >= 0.3 is 0 Å². The molecule has 3 aromatic rings. The van der Waals surface area contributed by atoms with Crippen LogP contribution in [0.4, 0.5) is 5.82 Å². The van der Waals surface area contributed by atoms with Crippen LogP contribution in [0.2, 0.25) is 5.02 Å². The van der Waals surface area contributed by atoms with Crippen molar-refractivity contribution in [2.75, 3.05) is 11.4 Å². The zero-order valence-corrected chi connectivity index (χ0v) is 16.9. The fraction of sp³-hybridized carbons (Fsp3) is 0.333. The van der Waals surface area contributed by atoms with Crippen LogP contribution in [0.1, 0.15) is 30.7 Å². The van der Waals surface area contributed by atoms with Gasteiger partial charge in [0.15, 0.2) is 0 Å². The first-order chi connectivity index (χ1) is 14.0. The van der Waals surface area contributed by atoms with Crippen molar-refractivity contribution in [3.8, 4) is 11.3 Å². The number of aryl methyl sites for hydroxylation is 2. The molecule has 29 heavy (non-hydrogen) atoms. The first-order valence-corrected chi connectivity index (χ1v) is 9.96. The first kappa shape index (κ1) is 19.4. The predicted octanol–water partition coefficient (Wildman–Crippen LogP) is 3.83. The highest BCUT2D eigenvalue weighted by molar-refractivity contribution is 6.33. The molecule has 0 saturated heterocycles. The second kappa shape index (κ2) is 8.21. The van der Waals surface area contributed by atoms with Gasteiger partial charge in [0.1, 0.15) is 23.1 Å². The van der Waals surface area contributed by atoms with E-state index in [0.29, 0.717) is 23.0 Å². The average molecular weight is 413 g/mol. The van der Waals surface area contributed by atoms with Crippen molar-refractivity contribution in [3.05, 3.63) is 52.9 Å². The third-order valence-corrected chi connectivity index (χ3v) is 5.24. The molecule has 2 aromatic heterocycles. The Hall–Kier alpha value is -2.93. The van der Waals surface area contributed by atoms with Gasteiger partial charge in [-0.05, 0) is 19.4 Å². The van der Waals surface area contributed by atoms with E-state index in [0.717, 1.165) is 30.0 Å². The molecule has 7 nitrogen and oxygen atoms in total. The fourth-order valence-electron chi connectivity index (χ4n) is 3.52. The second-order valence-electron chi connectivity index (χ2n) is 7.14. The molecule has 4 rings (SSSR count). The Bertz CT molecular complexity index is 1060. The maximum absolute atomic E-state index is 12.6. The number of nitrogens with zero attached hydrogens (tertiary/aromatic N) is 4. The SMILES string of the molecule is Cc1cc2n(n1)CCCN2C(=O)CCC(=O)Cc1cc(-c2ccccc2Cl)no1. The van der Waals surface area contributed by atoms with Crippen molar-refractivity contribution in [3.63, 3.8) is 0 Å². The first-order valence-electron chi connectivity index (χ1n) is 9.58. The Morgan fingerprint density at radius 3 is 2.83 bits per heavy atom. The molecule has 0 radical (unpaired) electrons. The van der Waals surface area contributed by atoms with Crippen molar-refractivity contribution in [1.29, 1.82) is 0 Å². The predicted molar refractivity (Wildman–Crippen MR) is 109 cm³/mol. The number of halogens is 1. The van der Waals surface area contributed by atoms with Crippen molar-refractivity contribution in [1.82, 2.24) is 14.9 Å². The average Bonchev–Trinajstić information content (AvgIpc) is 3.31. The van der Waals surface area contributed by atoms with Gasteiger partial charge in [0.2, 0.25) is 5.91 Å². The monoisotopic (exact) mass is 412 g/mol. The Balaban J connectivity index is 1.34. The van der Waals surface area contributed by atoms with E-state index in [2.05, 4.69) is 10.3 Å². The number of fused-ring (bicyclic) bond motifs is 1. The lowest BCUT2D eigenvalue weighted by Gasteiger charge is -2.27. The number of benzene rings is 1. The molecule has 0 atom stereocenters. The van der Waals surface area contributed by atoms with Gasteiger partial charge in [0.05, 0.1) is 17.1 Å². The summed E-state index contributed by atoms with van der Waals surface area (Å²) < 4.78 is 7.13. The topological polar surface area (TPSA) is 81.2 Å². The second-order valence-corrected chi connectivity index (χ2v) is 7.55. The van der Waals surface area contributed by atoms with Gasteiger partial charge in [-0.25, -0.2) is 4.68 Å². The number of ketones is 1. The molecule has 1 aliphatic rings. The molecule has 0 bridgehead atoms. The summed E-state index contributed by atoms with van der Waals surface area (Å²) in [4.78, 5) is 26.7. The van der Waals surface area contributed by atoms with Crippen LogP contribution < -0.4 is 4.90 Å². The molecule has 1 aliphatic heterocycles. The molecule has 0 unspecified atom stereocenters. The van der Waals surface area contributed by atoms with Crippen LogP contribution in [0.3, 0.4) is 0 Å². The van der Waals surface area contributed by atoms with Crippen LogP contribution in [0, 0.1) is 6.92 Å². The highest BCUT2D eigenvalue weighted by atomic mass is 35.5. The third-order valence-electron chi connectivity index (χ3n) is 4.91. The largest absolute Gasteiger partial charge is 0.360 e. The normalized spacial score (nSPS) is 13.4. The van der Waals surface area contributed by atoms with Crippen LogP contribution in [0.15, 0.2) is 40.9 Å². The minimum absolute atomic E-state index is 0.0615. The molecule has 1 aromatic carbocycles. The molecule has 0 saturated carbocycles. The number of carbonyl (C=O) groups excluding carboxylic acids is 2. The lowest BCUT2D eigenvalue weighted by molar-refractivity contribution is -0.124. The van der Waals surface area contributed by atoms with Gasteiger partial charge in [-0.2, -0.15) is 5.10 Å². The van der Waals surface area contributed by atoms with E-state index in [1.54, 1.807) is 17.0 Å². The molecule has 8 heteroatoms. The zero-order valence-electron chi connectivity index (χ0n) is 16.1. The molecule has 3 heterocycles. The highest BCUT2D eigenvalue weighted by Gasteiger charge is 2.24. The van der Waals surface area contributed by atoms with Crippen LogP contribution in [-0.2, 0) is 22.6 Å². The Morgan fingerprint density at radius 2 is 2.00 bits per heavy atom. The number of carbonyl (C=O) groups is 2. The van der Waals surface area contributed by atoms with E-state index >= 15 is 0 Å². The van der Waals surface area contributed by atoms with Gasteiger partial charge in [0.25, 0.3) is 0 Å². The standard InChI is InChI=1S/C21H21ClN4O3/c1-14-11-20-25(9-4-10-26(20)23-14)21(28)8-7-15(27)12-16-13-19(24-29-16)17-5-2-3-6-18(17)22/h2-3,5-6,11,13H,4,7-10,12H2,1H3. The van der Waals surface area contributed by atoms with Crippen molar-refractivity contribution >= 4 is 29.1 Å². The van der Waals surface area contributed by atoms with Crippen molar-refractivity contribution in [2.45, 2.75) is 39.2 Å². The lowest BCUT2D eigenvalue weighted by atomic mass is 10.1. The van der Waals surface area contributed by atoms with Crippen molar-refractivity contribution < 1.29 is 14.1 Å². The summed E-state index contributed by atoms with van der Waals surface area (Å²) in [5, 5.41) is 8.96. The van der Waals surface area contributed by atoms with E-state index in [-0.39, 0.29) is 31.0 Å². The molecule has 0 spiro atoms. The molecule has 150 valence electrons. The van der Waals surface area contributed by atoms with Crippen LogP contribution >= 0.6 is 11.6 Å². The zero-order chi connectivity index (χ0) is 20.4. The minimum Gasteiger partial charge on any atom is -0.360 e. The lowest BCUT2D eigenvalue weighted by Crippen LogP contribution is -2.37. The smallest absolute Gasteiger partial charge is 0.228 e. The van der Waals surface area contributed by atoms with Gasteiger partial charge < -0.3 is 4.52 Å². The number of amides is 1. The molecule has 0 aliphatic carbocycles. The molecule has 0 fully saturated rings. The molecular formula is C21H21ClN4O3. The van der Waals surface area contributed by atoms with E-state index in [1.165, 1.54) is 0 Å². The van der Waals surface area contributed by atoms with E-state index < -0.39 is 0 Å². The molecule has 0 N–H and O–H groups in total. The van der Waals surface area contributed by atoms with Crippen LogP contribution in [0.5, 0.6) is 0 Å². The maximum atomic E-state index is 12.6. The number of hydrogen-bond donors (Lipinski definition) is 0. The Morgan fingerprint density at radius 1 is 1.17 bits per heavy atom. The van der Waals surface area contributed by atoms with E-state index in [1.807, 2.05) is 35.9 Å². The third kappa shape index (κ3) is 4.24. The summed E-state index contributed by atoms with van der Waals surface area (Å²) in [7, 11) is 0. The Labute approximate surface area is 173 Å². The number of hydrogen-bond acceptors (Lipinski definition) is 5. The molecule has 1 amide bonds. The molecular weight excluding hydrogens is 392 g/mol. The summed E-state index contributed by atoms with van der Waals surface area (Å²) in [6.45, 7) is 3.37. The van der Waals surface area contributed by atoms with E-state index in [4.69, 9.17) is 16.1 Å². The van der Waals surface area contributed by atoms with Gasteiger partial charge in [-0.1, -0.05) is 35.0 Å².